The Morgan fingerprint density at radius 2 is 2.18 bits per heavy atom. The van der Waals surface area contributed by atoms with E-state index >= 15 is 0 Å². The molecular weight excluding hydrogens is 487 g/mol. The lowest BCUT2D eigenvalue weighted by Gasteiger charge is -2.20. The number of nitriles is 1. The number of nitrogens with one attached hydrogen (secondary N) is 1. The Kier molecular flexibility index (Phi) is 7.63. The molecule has 0 saturated heterocycles. The zero-order chi connectivity index (χ0) is 24.2. The number of hydrogen-bond acceptors (Lipinski definition) is 7. The first-order valence-corrected chi connectivity index (χ1v) is 12.6. The van der Waals surface area contributed by atoms with Crippen LogP contribution in [-0.4, -0.2) is 37.5 Å². The van der Waals surface area contributed by atoms with E-state index in [1.807, 2.05) is 0 Å². The molecule has 0 aromatic carbocycles. The van der Waals surface area contributed by atoms with Crippen molar-refractivity contribution in [3.63, 3.8) is 0 Å². The van der Waals surface area contributed by atoms with E-state index in [0.29, 0.717) is 32.0 Å². The van der Waals surface area contributed by atoms with Crippen LogP contribution in [0, 0.1) is 30.1 Å². The summed E-state index contributed by atoms with van der Waals surface area (Å²) < 4.78 is 29.2. The number of pyridine rings is 2. The molecule has 0 fully saturated rings. The van der Waals surface area contributed by atoms with Gasteiger partial charge in [0.15, 0.2) is 6.19 Å². The highest BCUT2D eigenvalue weighted by atomic mass is 35.5. The zero-order valence-electron chi connectivity index (χ0n) is 18.0. The summed E-state index contributed by atoms with van der Waals surface area (Å²) >= 11 is 7.01. The van der Waals surface area contributed by atoms with Gasteiger partial charge in [-0.2, -0.15) is 5.26 Å². The Bertz CT molecular complexity index is 1330. The van der Waals surface area contributed by atoms with Crippen molar-refractivity contribution < 1.29 is 13.4 Å². The van der Waals surface area contributed by atoms with Gasteiger partial charge in [-0.25, -0.2) is 23.3 Å². The SMILES string of the molecule is Cc1nc(-c2cncc(F)c2)sc1N(C)C(=O)C(C)C=S(=O)(Cc1ccc(Cl)nc1)NC#N. The maximum atomic E-state index is 13.5. The van der Waals surface area contributed by atoms with E-state index in [9.17, 15) is 13.4 Å². The van der Waals surface area contributed by atoms with Crippen LogP contribution in [0.4, 0.5) is 9.39 Å². The number of amides is 1. The molecule has 3 heterocycles. The topological polar surface area (TPSA) is 112 Å². The molecule has 0 aliphatic rings. The Morgan fingerprint density at radius 1 is 1.42 bits per heavy atom. The third kappa shape index (κ3) is 6.04. The molecule has 1 N–H and O–H groups in total. The van der Waals surface area contributed by atoms with Gasteiger partial charge in [0.2, 0.25) is 5.91 Å². The van der Waals surface area contributed by atoms with Gasteiger partial charge in [0.25, 0.3) is 0 Å². The van der Waals surface area contributed by atoms with Gasteiger partial charge >= 0.3 is 0 Å². The summed E-state index contributed by atoms with van der Waals surface area (Å²) in [5.41, 5.74) is 1.70. The van der Waals surface area contributed by atoms with E-state index in [4.69, 9.17) is 16.9 Å². The molecule has 0 aliphatic heterocycles. The fraction of sp³-hybridized carbons (Fsp3) is 0.238. The van der Waals surface area contributed by atoms with E-state index < -0.39 is 21.4 Å². The minimum atomic E-state index is -3.05. The van der Waals surface area contributed by atoms with Gasteiger partial charge in [-0.05, 0) is 31.5 Å². The van der Waals surface area contributed by atoms with Crippen molar-refractivity contribution in [2.45, 2.75) is 19.6 Å². The molecule has 2 atom stereocenters. The number of carbonyl (C=O) groups is 1. The summed E-state index contributed by atoms with van der Waals surface area (Å²) in [7, 11) is -1.46. The van der Waals surface area contributed by atoms with Gasteiger partial charge in [0.05, 0.1) is 33.3 Å². The highest BCUT2D eigenvalue weighted by molar-refractivity contribution is 7.99. The average Bonchev–Trinajstić information content (AvgIpc) is 3.16. The maximum absolute atomic E-state index is 13.5. The lowest BCUT2D eigenvalue weighted by atomic mass is 10.2. The number of anilines is 1. The van der Waals surface area contributed by atoms with Crippen LogP contribution in [-0.2, 0) is 20.3 Å². The van der Waals surface area contributed by atoms with E-state index in [1.165, 1.54) is 40.1 Å². The molecule has 3 aromatic heterocycles. The van der Waals surface area contributed by atoms with Crippen molar-refractivity contribution in [2.75, 3.05) is 11.9 Å². The highest BCUT2D eigenvalue weighted by Crippen LogP contribution is 2.34. The maximum Gasteiger partial charge on any atom is 0.234 e. The van der Waals surface area contributed by atoms with Gasteiger partial charge in [-0.15, -0.1) is 0 Å². The van der Waals surface area contributed by atoms with Crippen molar-refractivity contribution in [3.05, 3.63) is 59.0 Å². The van der Waals surface area contributed by atoms with Gasteiger partial charge in [-0.3, -0.25) is 9.78 Å². The van der Waals surface area contributed by atoms with E-state index in [2.05, 4.69) is 19.7 Å². The van der Waals surface area contributed by atoms with Gasteiger partial charge in [-0.1, -0.05) is 29.0 Å². The normalized spacial score (nSPS) is 13.5. The molecule has 1 amide bonds. The van der Waals surface area contributed by atoms with Crippen LogP contribution in [0.25, 0.3) is 10.6 Å². The van der Waals surface area contributed by atoms with Gasteiger partial charge in [0.1, 0.15) is 21.0 Å². The standard InChI is InChI=1S/C21H20ClFN6O2S2/c1-13(10-33(31,27-12-24)11-15-4-5-18(22)26-7-15)20(30)29(3)21-14(2)28-19(32-21)16-6-17(23)9-25-8-16/h4-10,13H,11H2,1-3H3,(H,27,31). The summed E-state index contributed by atoms with van der Waals surface area (Å²) in [5.74, 6) is -1.63. The first-order chi connectivity index (χ1) is 15.6. The predicted octanol–water partition coefficient (Wildman–Crippen LogP) is 3.57. The van der Waals surface area contributed by atoms with Crippen LogP contribution in [0.2, 0.25) is 5.15 Å². The molecule has 0 saturated carbocycles. The van der Waals surface area contributed by atoms with E-state index in [-0.39, 0.29) is 11.7 Å². The van der Waals surface area contributed by atoms with Crippen LogP contribution < -0.4 is 9.62 Å². The summed E-state index contributed by atoms with van der Waals surface area (Å²) in [6.07, 6.45) is 5.78. The van der Waals surface area contributed by atoms with Gasteiger partial charge in [0, 0.05) is 30.4 Å². The number of carbonyl (C=O) groups excluding carboxylic acids is 1. The minimum absolute atomic E-state index is 0.0254. The minimum Gasteiger partial charge on any atom is -0.305 e. The zero-order valence-corrected chi connectivity index (χ0v) is 20.3. The van der Waals surface area contributed by atoms with Crippen LogP contribution in [0.15, 0.2) is 36.8 Å². The Labute approximate surface area is 200 Å². The molecule has 3 aromatic rings. The first kappa shape index (κ1) is 24.6. The summed E-state index contributed by atoms with van der Waals surface area (Å²) in [5, 5.41) is 11.8. The van der Waals surface area contributed by atoms with E-state index in [1.54, 1.807) is 39.2 Å². The largest absolute Gasteiger partial charge is 0.305 e. The fourth-order valence-corrected chi connectivity index (χ4v) is 6.04. The number of aromatic nitrogens is 3. The highest BCUT2D eigenvalue weighted by Gasteiger charge is 2.24. The Hall–Kier alpha value is -3.07. The molecule has 0 bridgehead atoms. The molecule has 3 rings (SSSR count). The first-order valence-electron chi connectivity index (χ1n) is 9.61. The third-order valence-electron chi connectivity index (χ3n) is 4.56. The molecule has 172 valence electrons. The average molecular weight is 507 g/mol. The van der Waals surface area contributed by atoms with Crippen molar-refractivity contribution in [1.82, 2.24) is 19.7 Å². The third-order valence-corrected chi connectivity index (χ3v) is 8.11. The lowest BCUT2D eigenvalue weighted by Crippen LogP contribution is -2.35. The van der Waals surface area contributed by atoms with Crippen LogP contribution in [0.1, 0.15) is 18.2 Å². The van der Waals surface area contributed by atoms with Crippen molar-refractivity contribution >= 4 is 48.9 Å². The summed E-state index contributed by atoms with van der Waals surface area (Å²) in [4.78, 5) is 26.7. The predicted molar refractivity (Wildman–Crippen MR) is 129 cm³/mol. The van der Waals surface area contributed by atoms with Crippen LogP contribution in [0.5, 0.6) is 0 Å². The van der Waals surface area contributed by atoms with Crippen LogP contribution in [0.3, 0.4) is 0 Å². The molecule has 8 nitrogen and oxygen atoms in total. The molecule has 12 heteroatoms. The Morgan fingerprint density at radius 3 is 2.82 bits per heavy atom. The van der Waals surface area contributed by atoms with Crippen molar-refractivity contribution in [2.24, 2.45) is 5.92 Å². The number of hydrogen-bond donors (Lipinski definition) is 1. The molecule has 0 aliphatic carbocycles. The fourth-order valence-electron chi connectivity index (χ4n) is 3.08. The quantitative estimate of drug-likeness (QED) is 0.227. The number of rotatable bonds is 7. The summed E-state index contributed by atoms with van der Waals surface area (Å²) in [6, 6.07) is 4.54. The number of thiazole rings is 1. The second-order valence-electron chi connectivity index (χ2n) is 7.20. The molecular formula is C21H20ClFN6O2S2. The second kappa shape index (κ2) is 10.2. The molecule has 33 heavy (non-hydrogen) atoms. The number of halogens is 2. The van der Waals surface area contributed by atoms with E-state index in [0.717, 1.165) is 6.20 Å². The number of nitrogens with zero attached hydrogens (tertiary/aromatic N) is 5. The molecule has 0 spiro atoms. The number of aryl methyl sites for hydroxylation is 1. The monoisotopic (exact) mass is 506 g/mol. The molecule has 2 unspecified atom stereocenters. The molecule has 0 radical (unpaired) electrons. The van der Waals surface area contributed by atoms with Crippen molar-refractivity contribution in [1.29, 1.82) is 5.26 Å². The second-order valence-corrected chi connectivity index (χ2v) is 10.8. The Balaban J connectivity index is 1.85. The van der Waals surface area contributed by atoms with Crippen molar-refractivity contribution in [3.8, 4) is 16.8 Å². The van der Waals surface area contributed by atoms with Crippen LogP contribution >= 0.6 is 22.9 Å². The summed E-state index contributed by atoms with van der Waals surface area (Å²) in [6.45, 7) is 3.35. The smallest absolute Gasteiger partial charge is 0.234 e. The van der Waals surface area contributed by atoms with Gasteiger partial charge < -0.3 is 4.90 Å². The lowest BCUT2D eigenvalue weighted by molar-refractivity contribution is -0.119.